The lowest BCUT2D eigenvalue weighted by molar-refractivity contribution is -0.312. The molecule has 1 aromatic carbocycles. The molecule has 15 nitrogen and oxygen atoms in total. The smallest absolute Gasteiger partial charge is 0.434 e. The van der Waals surface area contributed by atoms with Gasteiger partial charge in [0.15, 0.2) is 12.6 Å². The van der Waals surface area contributed by atoms with E-state index in [1.807, 2.05) is 45.9 Å². The Kier molecular flexibility index (Phi) is 13.7. The molecular weight excluding hydrogens is 588 g/mol. The molecule has 3 rings (SSSR count). The SMILES string of the molecule is CC(C)c1cccc(C(C)C)c1OC(=O)OCC(CO[C@@H]1O[C@H](CO)[C@@H](O)[C@H](O)[C@H]1O)CO[C@@H]1O[C@H](CO)[C@@H](O)[C@H](O)[C@H]1O. The number of carbonyl (C=O) groups is 1. The highest BCUT2D eigenvalue weighted by molar-refractivity contribution is 5.66. The molecule has 2 saturated heterocycles. The van der Waals surface area contributed by atoms with E-state index in [1.165, 1.54) is 0 Å². The Balaban J connectivity index is 1.72. The number of para-hydroxylation sites is 1. The second-order valence-corrected chi connectivity index (χ2v) is 11.7. The second-order valence-electron chi connectivity index (χ2n) is 11.7. The molecule has 0 bridgehead atoms. The number of benzene rings is 1. The zero-order chi connectivity index (χ0) is 32.7. The molecule has 15 heteroatoms. The lowest BCUT2D eigenvalue weighted by Crippen LogP contribution is -2.59. The number of aliphatic hydroxyl groups is 8. The number of hydrogen-bond donors (Lipinski definition) is 8. The van der Waals surface area contributed by atoms with Gasteiger partial charge in [-0.15, -0.1) is 0 Å². The summed E-state index contributed by atoms with van der Waals surface area (Å²) in [5.41, 5.74) is 1.61. The monoisotopic (exact) mass is 634 g/mol. The third-order valence-electron chi connectivity index (χ3n) is 7.63. The minimum Gasteiger partial charge on any atom is -0.434 e. The van der Waals surface area contributed by atoms with Crippen molar-refractivity contribution < 1.29 is 74.1 Å². The summed E-state index contributed by atoms with van der Waals surface area (Å²) >= 11 is 0. The van der Waals surface area contributed by atoms with Crippen LogP contribution in [0, 0.1) is 5.92 Å². The van der Waals surface area contributed by atoms with Crippen molar-refractivity contribution in [3.63, 3.8) is 0 Å². The van der Waals surface area contributed by atoms with Crippen LogP contribution in [0.25, 0.3) is 0 Å². The quantitative estimate of drug-likeness (QED) is 0.0930. The maximum absolute atomic E-state index is 12.9. The van der Waals surface area contributed by atoms with Crippen LogP contribution in [0.3, 0.4) is 0 Å². The predicted octanol–water partition coefficient (Wildman–Crippen LogP) is -1.30. The van der Waals surface area contributed by atoms with E-state index < -0.39 is 86.7 Å². The molecule has 2 aliphatic rings. The van der Waals surface area contributed by atoms with Crippen molar-refractivity contribution >= 4 is 6.16 Å². The molecule has 0 aromatic heterocycles. The first-order valence-corrected chi connectivity index (χ1v) is 14.6. The fraction of sp³-hybridized carbons (Fsp3) is 0.759. The number of carbonyl (C=O) groups excluding carboxylic acids is 1. The summed E-state index contributed by atoms with van der Waals surface area (Å²) in [6, 6.07) is 5.58. The van der Waals surface area contributed by atoms with Gasteiger partial charge in [-0.3, -0.25) is 0 Å². The highest BCUT2D eigenvalue weighted by atomic mass is 16.7. The summed E-state index contributed by atoms with van der Waals surface area (Å²) in [7, 11) is 0. The highest BCUT2D eigenvalue weighted by Crippen LogP contribution is 2.35. The van der Waals surface area contributed by atoms with Crippen molar-refractivity contribution in [3.05, 3.63) is 29.3 Å². The molecule has 2 aliphatic heterocycles. The van der Waals surface area contributed by atoms with Gasteiger partial charge >= 0.3 is 6.16 Å². The number of rotatable bonds is 13. The zero-order valence-corrected chi connectivity index (χ0v) is 25.2. The first-order chi connectivity index (χ1) is 20.8. The Morgan fingerprint density at radius 3 is 1.52 bits per heavy atom. The molecule has 0 unspecified atom stereocenters. The lowest BCUT2D eigenvalue weighted by atomic mass is 9.94. The molecule has 10 atom stereocenters. The van der Waals surface area contributed by atoms with E-state index in [0.29, 0.717) is 5.75 Å². The van der Waals surface area contributed by atoms with Crippen molar-refractivity contribution in [2.45, 2.75) is 101 Å². The zero-order valence-electron chi connectivity index (χ0n) is 25.2. The molecule has 8 N–H and O–H groups in total. The molecule has 0 radical (unpaired) electrons. The summed E-state index contributed by atoms with van der Waals surface area (Å²) in [4.78, 5) is 12.9. The van der Waals surface area contributed by atoms with Crippen LogP contribution in [0.2, 0.25) is 0 Å². The second kappa shape index (κ2) is 16.5. The van der Waals surface area contributed by atoms with Gasteiger partial charge in [0.25, 0.3) is 0 Å². The predicted molar refractivity (Wildman–Crippen MR) is 150 cm³/mol. The van der Waals surface area contributed by atoms with Gasteiger partial charge in [-0.25, -0.2) is 4.79 Å². The normalized spacial score (nSPS) is 32.8. The Bertz CT molecular complexity index is 968. The molecule has 2 fully saturated rings. The van der Waals surface area contributed by atoms with E-state index in [9.17, 15) is 45.6 Å². The minimum atomic E-state index is -1.69. The first kappa shape index (κ1) is 36.5. The van der Waals surface area contributed by atoms with Gasteiger partial charge in [0.1, 0.15) is 61.2 Å². The molecule has 0 amide bonds. The van der Waals surface area contributed by atoms with Crippen LogP contribution in [0.15, 0.2) is 18.2 Å². The maximum Gasteiger partial charge on any atom is 0.513 e. The van der Waals surface area contributed by atoms with Crippen molar-refractivity contribution in [2.75, 3.05) is 33.0 Å². The maximum atomic E-state index is 12.9. The largest absolute Gasteiger partial charge is 0.513 e. The molecule has 1 aromatic rings. The summed E-state index contributed by atoms with van der Waals surface area (Å²) in [6.07, 6.45) is -16.4. The van der Waals surface area contributed by atoms with Gasteiger partial charge in [-0.05, 0) is 23.0 Å². The van der Waals surface area contributed by atoms with Gasteiger partial charge in [0, 0.05) is 5.92 Å². The Hall–Kier alpha value is -1.99. The van der Waals surface area contributed by atoms with Crippen molar-refractivity contribution in [1.82, 2.24) is 0 Å². The highest BCUT2D eigenvalue weighted by Gasteiger charge is 2.45. The molecule has 0 spiro atoms. The van der Waals surface area contributed by atoms with E-state index in [-0.39, 0.29) is 31.7 Å². The van der Waals surface area contributed by atoms with Crippen molar-refractivity contribution in [2.24, 2.45) is 5.92 Å². The van der Waals surface area contributed by atoms with Gasteiger partial charge in [0.05, 0.1) is 26.4 Å². The topological polar surface area (TPSA) is 234 Å². The van der Waals surface area contributed by atoms with Crippen LogP contribution >= 0.6 is 0 Å². The molecule has 44 heavy (non-hydrogen) atoms. The summed E-state index contributed by atoms with van der Waals surface area (Å²) in [5, 5.41) is 79.8. The van der Waals surface area contributed by atoms with E-state index in [4.69, 9.17) is 28.4 Å². The van der Waals surface area contributed by atoms with E-state index in [1.54, 1.807) is 0 Å². The van der Waals surface area contributed by atoms with Crippen LogP contribution < -0.4 is 4.74 Å². The van der Waals surface area contributed by atoms with E-state index in [2.05, 4.69) is 0 Å². The Morgan fingerprint density at radius 1 is 0.705 bits per heavy atom. The number of hydrogen-bond acceptors (Lipinski definition) is 15. The standard InChI is InChI=1S/C29H46O15/c1-13(2)16-6-5-7-17(14(3)4)26(16)44-29(38)41-12-15(10-39-27-24(36)22(34)20(32)18(8-30)42-27)11-40-28-25(37)23(35)21(33)19(9-31)43-28/h5-7,13-15,18-25,27-28,30-37H,8-12H2,1-4H3/t18-,19-,20-,21-,22+,23+,24-,25-,27-,28-/m1/s1. The van der Waals surface area contributed by atoms with E-state index >= 15 is 0 Å². The molecule has 252 valence electrons. The average molecular weight is 635 g/mol. The Morgan fingerprint density at radius 2 is 1.14 bits per heavy atom. The molecule has 2 heterocycles. The summed E-state index contributed by atoms with van der Waals surface area (Å²) in [5.74, 6) is -0.382. The van der Waals surface area contributed by atoms with Gasteiger partial charge in [-0.2, -0.15) is 0 Å². The number of ether oxygens (including phenoxy) is 6. The summed E-state index contributed by atoms with van der Waals surface area (Å²) in [6.45, 7) is 5.44. The van der Waals surface area contributed by atoms with Gasteiger partial charge in [0.2, 0.25) is 0 Å². The third-order valence-corrected chi connectivity index (χ3v) is 7.63. The number of aliphatic hydroxyl groups excluding tert-OH is 8. The Labute approximate surface area is 255 Å². The van der Waals surface area contributed by atoms with Crippen LogP contribution in [0.5, 0.6) is 5.75 Å². The third kappa shape index (κ3) is 8.84. The van der Waals surface area contributed by atoms with Crippen LogP contribution in [0.1, 0.15) is 50.7 Å². The van der Waals surface area contributed by atoms with Crippen LogP contribution in [-0.2, 0) is 23.7 Å². The summed E-state index contributed by atoms with van der Waals surface area (Å²) < 4.78 is 33.0. The van der Waals surface area contributed by atoms with Crippen molar-refractivity contribution in [3.8, 4) is 5.75 Å². The first-order valence-electron chi connectivity index (χ1n) is 14.6. The van der Waals surface area contributed by atoms with Crippen molar-refractivity contribution in [1.29, 1.82) is 0 Å². The molecular formula is C29H46O15. The molecule has 0 saturated carbocycles. The minimum absolute atomic E-state index is 0.0446. The fourth-order valence-electron chi connectivity index (χ4n) is 4.92. The van der Waals surface area contributed by atoms with E-state index in [0.717, 1.165) is 11.1 Å². The lowest BCUT2D eigenvalue weighted by Gasteiger charge is -2.40. The molecule has 0 aliphatic carbocycles. The van der Waals surface area contributed by atoms with Gasteiger partial charge in [-0.1, -0.05) is 45.9 Å². The van der Waals surface area contributed by atoms with Gasteiger partial charge < -0.3 is 69.3 Å². The fourth-order valence-corrected chi connectivity index (χ4v) is 4.92. The van der Waals surface area contributed by atoms with Crippen LogP contribution in [-0.4, -0.2) is 141 Å². The average Bonchev–Trinajstić information content (AvgIpc) is 2.99. The van der Waals surface area contributed by atoms with Crippen LogP contribution in [0.4, 0.5) is 4.79 Å².